The molecule has 0 aromatic rings. The minimum atomic E-state index is 0.108. The van der Waals surface area contributed by atoms with Crippen LogP contribution in [0.4, 0.5) is 4.79 Å². The molecule has 0 aliphatic heterocycles. The van der Waals surface area contributed by atoms with Gasteiger partial charge in [-0.15, -0.1) is 0 Å². The van der Waals surface area contributed by atoms with E-state index in [4.69, 9.17) is 0 Å². The van der Waals surface area contributed by atoms with Crippen LogP contribution in [0.2, 0.25) is 0 Å². The second-order valence-electron chi connectivity index (χ2n) is 3.50. The fourth-order valence-electron chi connectivity index (χ4n) is 1.11. The van der Waals surface area contributed by atoms with Crippen molar-refractivity contribution in [3.05, 3.63) is 0 Å². The van der Waals surface area contributed by atoms with E-state index in [1.807, 2.05) is 7.05 Å². The number of rotatable bonds is 2. The van der Waals surface area contributed by atoms with Crippen LogP contribution in [0.15, 0.2) is 0 Å². The summed E-state index contributed by atoms with van der Waals surface area (Å²) >= 11 is 0. The average Bonchev–Trinajstić information content (AvgIpc) is 2.69. The summed E-state index contributed by atoms with van der Waals surface area (Å²) < 4.78 is 0. The summed E-state index contributed by atoms with van der Waals surface area (Å²) in [6.45, 7) is 0.928. The minimum absolute atomic E-state index is 0.108. The molecule has 0 bridgehead atoms. The number of amides is 2. The largest absolute Gasteiger partial charge is 0.331 e. The number of urea groups is 1. The van der Waals surface area contributed by atoms with Gasteiger partial charge in [-0.3, -0.25) is 0 Å². The molecule has 64 valence electrons. The van der Waals surface area contributed by atoms with Crippen molar-refractivity contribution in [3.8, 4) is 0 Å². The maximum atomic E-state index is 11.3. The number of carbonyl (C=O) groups is 1. The lowest BCUT2D eigenvalue weighted by molar-refractivity contribution is 0.180. The quantitative estimate of drug-likeness (QED) is 0.585. The standard InChI is InChI=1S/C8H16N2O/c1-9(2)8(11)10(3)6-7-4-5-7/h7H,4-6H2,1-3H3. The van der Waals surface area contributed by atoms with E-state index in [9.17, 15) is 4.79 Å². The van der Waals surface area contributed by atoms with Crippen molar-refractivity contribution in [3.63, 3.8) is 0 Å². The van der Waals surface area contributed by atoms with Crippen LogP contribution in [0.5, 0.6) is 0 Å². The van der Waals surface area contributed by atoms with E-state index in [0.717, 1.165) is 12.5 Å². The number of hydrogen-bond acceptors (Lipinski definition) is 1. The SMILES string of the molecule is CN(C)C(=O)N(C)CC1CC1. The van der Waals surface area contributed by atoms with Crippen LogP contribution in [0.1, 0.15) is 12.8 Å². The van der Waals surface area contributed by atoms with Crippen LogP contribution in [-0.4, -0.2) is 43.5 Å². The highest BCUT2D eigenvalue weighted by atomic mass is 16.2. The Morgan fingerprint density at radius 1 is 1.36 bits per heavy atom. The molecule has 0 saturated heterocycles. The van der Waals surface area contributed by atoms with Crippen LogP contribution >= 0.6 is 0 Å². The van der Waals surface area contributed by atoms with E-state index >= 15 is 0 Å². The van der Waals surface area contributed by atoms with Crippen molar-refractivity contribution in [2.24, 2.45) is 5.92 Å². The Balaban J connectivity index is 2.26. The highest BCUT2D eigenvalue weighted by Crippen LogP contribution is 2.29. The lowest BCUT2D eigenvalue weighted by Crippen LogP contribution is -2.37. The molecule has 2 amide bonds. The van der Waals surface area contributed by atoms with E-state index in [2.05, 4.69) is 0 Å². The predicted molar refractivity (Wildman–Crippen MR) is 44.4 cm³/mol. The average molecular weight is 156 g/mol. The summed E-state index contributed by atoms with van der Waals surface area (Å²) in [5, 5.41) is 0. The third-order valence-corrected chi connectivity index (χ3v) is 1.94. The van der Waals surface area contributed by atoms with Crippen molar-refractivity contribution in [2.75, 3.05) is 27.7 Å². The first-order valence-electron chi connectivity index (χ1n) is 4.03. The van der Waals surface area contributed by atoms with Gasteiger partial charge < -0.3 is 9.80 Å². The van der Waals surface area contributed by atoms with Crippen molar-refractivity contribution < 1.29 is 4.79 Å². The molecule has 0 spiro atoms. The van der Waals surface area contributed by atoms with Gasteiger partial charge >= 0.3 is 6.03 Å². The van der Waals surface area contributed by atoms with E-state index < -0.39 is 0 Å². The molecule has 1 aliphatic rings. The van der Waals surface area contributed by atoms with Crippen molar-refractivity contribution in [1.29, 1.82) is 0 Å². The molecule has 1 aliphatic carbocycles. The summed E-state index contributed by atoms with van der Waals surface area (Å²) in [6, 6.07) is 0.108. The third-order valence-electron chi connectivity index (χ3n) is 1.94. The summed E-state index contributed by atoms with van der Waals surface area (Å²) in [4.78, 5) is 14.7. The second kappa shape index (κ2) is 3.11. The molecule has 0 heterocycles. The van der Waals surface area contributed by atoms with Gasteiger partial charge in [0.05, 0.1) is 0 Å². The lowest BCUT2D eigenvalue weighted by atomic mass is 10.4. The van der Waals surface area contributed by atoms with Crippen LogP contribution in [0.3, 0.4) is 0 Å². The number of nitrogens with zero attached hydrogens (tertiary/aromatic N) is 2. The number of hydrogen-bond donors (Lipinski definition) is 0. The Hall–Kier alpha value is -0.730. The highest BCUT2D eigenvalue weighted by Gasteiger charge is 2.25. The van der Waals surface area contributed by atoms with Crippen molar-refractivity contribution in [2.45, 2.75) is 12.8 Å². The van der Waals surface area contributed by atoms with Gasteiger partial charge in [0.15, 0.2) is 0 Å². The molecular weight excluding hydrogens is 140 g/mol. The van der Waals surface area contributed by atoms with Gasteiger partial charge in [-0.1, -0.05) is 0 Å². The van der Waals surface area contributed by atoms with Gasteiger partial charge in [0.25, 0.3) is 0 Å². The van der Waals surface area contributed by atoms with Crippen molar-refractivity contribution >= 4 is 6.03 Å². The highest BCUT2D eigenvalue weighted by molar-refractivity contribution is 5.73. The third kappa shape index (κ3) is 2.41. The van der Waals surface area contributed by atoms with Gasteiger partial charge in [0.2, 0.25) is 0 Å². The van der Waals surface area contributed by atoms with Crippen LogP contribution in [0, 0.1) is 5.92 Å². The normalized spacial score (nSPS) is 16.3. The zero-order valence-electron chi connectivity index (χ0n) is 7.50. The molecule has 0 unspecified atom stereocenters. The zero-order valence-corrected chi connectivity index (χ0v) is 7.50. The van der Waals surface area contributed by atoms with E-state index in [-0.39, 0.29) is 6.03 Å². The molecule has 0 aromatic heterocycles. The fraction of sp³-hybridized carbons (Fsp3) is 0.875. The summed E-state index contributed by atoms with van der Waals surface area (Å²) in [6.07, 6.45) is 2.59. The molecule has 1 fully saturated rings. The Morgan fingerprint density at radius 2 is 1.91 bits per heavy atom. The molecule has 1 rings (SSSR count). The predicted octanol–water partition coefficient (Wildman–Crippen LogP) is 1.01. The van der Waals surface area contributed by atoms with Crippen LogP contribution in [-0.2, 0) is 0 Å². The first-order chi connectivity index (χ1) is 5.11. The molecule has 0 atom stereocenters. The summed E-state index contributed by atoms with van der Waals surface area (Å²) in [5.41, 5.74) is 0. The molecule has 11 heavy (non-hydrogen) atoms. The maximum absolute atomic E-state index is 11.3. The van der Waals surface area contributed by atoms with Gasteiger partial charge in [-0.25, -0.2) is 4.79 Å². The summed E-state index contributed by atoms with van der Waals surface area (Å²) in [7, 11) is 5.43. The second-order valence-corrected chi connectivity index (χ2v) is 3.50. The molecule has 0 N–H and O–H groups in total. The first kappa shape index (κ1) is 8.37. The first-order valence-corrected chi connectivity index (χ1v) is 4.03. The summed E-state index contributed by atoms with van der Waals surface area (Å²) in [5.74, 6) is 0.781. The van der Waals surface area contributed by atoms with Gasteiger partial charge in [0, 0.05) is 27.7 Å². The Labute approximate surface area is 68.0 Å². The molecule has 0 radical (unpaired) electrons. The Bertz CT molecular complexity index is 152. The van der Waals surface area contributed by atoms with Gasteiger partial charge in [-0.05, 0) is 18.8 Å². The molecule has 3 heteroatoms. The topological polar surface area (TPSA) is 23.6 Å². The maximum Gasteiger partial charge on any atom is 0.319 e. The monoisotopic (exact) mass is 156 g/mol. The van der Waals surface area contributed by atoms with E-state index in [0.29, 0.717) is 0 Å². The molecule has 1 saturated carbocycles. The Morgan fingerprint density at radius 3 is 2.27 bits per heavy atom. The smallest absolute Gasteiger partial charge is 0.319 e. The van der Waals surface area contributed by atoms with E-state index in [1.165, 1.54) is 12.8 Å². The van der Waals surface area contributed by atoms with E-state index in [1.54, 1.807) is 23.9 Å². The minimum Gasteiger partial charge on any atom is -0.331 e. The Kier molecular flexibility index (Phi) is 2.37. The molecular formula is C8H16N2O. The van der Waals surface area contributed by atoms with Crippen LogP contribution < -0.4 is 0 Å². The van der Waals surface area contributed by atoms with Crippen LogP contribution in [0.25, 0.3) is 0 Å². The number of carbonyl (C=O) groups excluding carboxylic acids is 1. The van der Waals surface area contributed by atoms with Gasteiger partial charge in [0.1, 0.15) is 0 Å². The van der Waals surface area contributed by atoms with Crippen molar-refractivity contribution in [1.82, 2.24) is 9.80 Å². The van der Waals surface area contributed by atoms with Gasteiger partial charge in [-0.2, -0.15) is 0 Å². The fourth-order valence-corrected chi connectivity index (χ4v) is 1.11. The molecule has 3 nitrogen and oxygen atoms in total. The lowest BCUT2D eigenvalue weighted by Gasteiger charge is -2.21. The molecule has 0 aromatic carbocycles. The zero-order chi connectivity index (χ0) is 8.43.